The zero-order valence-electron chi connectivity index (χ0n) is 18.4. The van der Waals surface area contributed by atoms with Crippen molar-refractivity contribution in [1.82, 2.24) is 4.90 Å². The average Bonchev–Trinajstić information content (AvgIpc) is 2.66. The van der Waals surface area contributed by atoms with Gasteiger partial charge < -0.3 is 18.9 Å². The summed E-state index contributed by atoms with van der Waals surface area (Å²) in [5.41, 5.74) is -0.249. The molecule has 2 rings (SSSR count). The van der Waals surface area contributed by atoms with Crippen molar-refractivity contribution in [1.29, 1.82) is 0 Å². The van der Waals surface area contributed by atoms with E-state index in [1.54, 1.807) is 20.8 Å². The lowest BCUT2D eigenvalue weighted by Crippen LogP contribution is -2.36. The SMILES string of the molecule is Cc1ccc(S(=O)(=O)Oc2ccc(C(O)CN(C)C(=O)OC(C)(C)C)cc2)cc1[N+](=O)[O-]. The Kier molecular flexibility index (Phi) is 7.47. The average molecular weight is 467 g/mol. The number of amides is 1. The first-order valence-electron chi connectivity index (χ1n) is 9.61. The van der Waals surface area contributed by atoms with Gasteiger partial charge in [-0.15, -0.1) is 0 Å². The van der Waals surface area contributed by atoms with Crippen molar-refractivity contribution in [2.24, 2.45) is 0 Å². The predicted octanol–water partition coefficient (Wildman–Crippen LogP) is 3.57. The van der Waals surface area contributed by atoms with Crippen LogP contribution in [0.5, 0.6) is 5.75 Å². The standard InChI is InChI=1S/C21H26N2O8S/c1-14-6-11-17(12-18(14)23(26)27)32(28,29)31-16-9-7-15(8-10-16)19(24)13-22(5)20(25)30-21(2,3)4/h6-12,19,24H,13H2,1-5H3. The smallest absolute Gasteiger partial charge is 0.410 e. The molecule has 2 aromatic rings. The van der Waals surface area contributed by atoms with E-state index in [0.717, 1.165) is 6.07 Å². The van der Waals surface area contributed by atoms with Gasteiger partial charge in [-0.2, -0.15) is 8.42 Å². The molecule has 0 aliphatic rings. The van der Waals surface area contributed by atoms with Crippen LogP contribution in [0.3, 0.4) is 0 Å². The number of hydrogen-bond acceptors (Lipinski definition) is 8. The van der Waals surface area contributed by atoms with Gasteiger partial charge in [0.2, 0.25) is 0 Å². The molecule has 2 aromatic carbocycles. The molecule has 0 saturated heterocycles. The minimum absolute atomic E-state index is 0.0373. The Bertz CT molecular complexity index is 1090. The second kappa shape index (κ2) is 9.53. The minimum Gasteiger partial charge on any atom is -0.444 e. The second-order valence-electron chi connectivity index (χ2n) is 8.19. The van der Waals surface area contributed by atoms with Gasteiger partial charge in [0.05, 0.1) is 17.6 Å². The zero-order valence-corrected chi connectivity index (χ0v) is 19.3. The minimum atomic E-state index is -4.30. The number of nitro groups is 1. The molecule has 10 nitrogen and oxygen atoms in total. The Hall–Kier alpha value is -3.18. The highest BCUT2D eigenvalue weighted by Crippen LogP contribution is 2.26. The summed E-state index contributed by atoms with van der Waals surface area (Å²) < 4.78 is 35.3. The van der Waals surface area contributed by atoms with Crippen LogP contribution < -0.4 is 4.18 Å². The number of benzene rings is 2. The van der Waals surface area contributed by atoms with Crippen LogP contribution in [-0.2, 0) is 14.9 Å². The first kappa shape index (κ1) is 25.1. The maximum Gasteiger partial charge on any atom is 0.410 e. The molecule has 1 unspecified atom stereocenters. The van der Waals surface area contributed by atoms with Crippen LogP contribution in [0.1, 0.15) is 38.0 Å². The number of nitro benzene ring substituents is 1. The summed E-state index contributed by atoms with van der Waals surface area (Å²) in [5, 5.41) is 21.4. The van der Waals surface area contributed by atoms with Crippen molar-refractivity contribution >= 4 is 21.9 Å². The Labute approximate surface area is 186 Å². The molecule has 11 heteroatoms. The van der Waals surface area contributed by atoms with Gasteiger partial charge in [0, 0.05) is 18.7 Å². The van der Waals surface area contributed by atoms with Gasteiger partial charge in [0.1, 0.15) is 16.2 Å². The summed E-state index contributed by atoms with van der Waals surface area (Å²) in [7, 11) is -2.82. The normalized spacial score (nSPS) is 12.7. The summed E-state index contributed by atoms with van der Waals surface area (Å²) >= 11 is 0. The largest absolute Gasteiger partial charge is 0.444 e. The fourth-order valence-electron chi connectivity index (χ4n) is 2.64. The van der Waals surface area contributed by atoms with Gasteiger partial charge in [-0.1, -0.05) is 18.2 Å². The van der Waals surface area contributed by atoms with Crippen molar-refractivity contribution < 1.29 is 32.2 Å². The highest BCUT2D eigenvalue weighted by Gasteiger charge is 2.23. The molecule has 1 amide bonds. The number of likely N-dealkylation sites (N-methyl/N-ethyl adjacent to an activating group) is 1. The summed E-state index contributed by atoms with van der Waals surface area (Å²) in [6, 6.07) is 9.08. The number of rotatable bonds is 7. The molecule has 1 atom stereocenters. The van der Waals surface area contributed by atoms with E-state index in [1.165, 1.54) is 55.3 Å². The fourth-order valence-corrected chi connectivity index (χ4v) is 3.59. The molecule has 32 heavy (non-hydrogen) atoms. The van der Waals surface area contributed by atoms with Gasteiger partial charge in [-0.05, 0) is 51.5 Å². The first-order chi connectivity index (χ1) is 14.7. The quantitative estimate of drug-likeness (QED) is 0.371. The van der Waals surface area contributed by atoms with Crippen LogP contribution in [0.15, 0.2) is 47.4 Å². The number of carbonyl (C=O) groups is 1. The molecule has 174 valence electrons. The summed E-state index contributed by atoms with van der Waals surface area (Å²) in [5.74, 6) is -0.0373. The third kappa shape index (κ3) is 6.66. The highest BCUT2D eigenvalue weighted by molar-refractivity contribution is 7.87. The van der Waals surface area contributed by atoms with Gasteiger partial charge in [0.25, 0.3) is 5.69 Å². The molecule has 0 aliphatic carbocycles. The van der Waals surface area contributed by atoms with E-state index >= 15 is 0 Å². The van der Waals surface area contributed by atoms with Crippen molar-refractivity contribution in [2.75, 3.05) is 13.6 Å². The maximum absolute atomic E-state index is 12.5. The van der Waals surface area contributed by atoms with Crippen LogP contribution in [0.4, 0.5) is 10.5 Å². The Morgan fingerprint density at radius 3 is 2.31 bits per heavy atom. The summed E-state index contributed by atoms with van der Waals surface area (Å²) in [6.45, 7) is 6.66. The summed E-state index contributed by atoms with van der Waals surface area (Å²) in [4.78, 5) is 23.3. The molecule has 0 spiro atoms. The van der Waals surface area contributed by atoms with E-state index in [-0.39, 0.29) is 22.9 Å². The molecule has 0 heterocycles. The molecular formula is C21H26N2O8S. The van der Waals surface area contributed by atoms with E-state index in [2.05, 4.69) is 0 Å². The number of carbonyl (C=O) groups excluding carboxylic acids is 1. The van der Waals surface area contributed by atoms with Crippen LogP contribution in [0.25, 0.3) is 0 Å². The number of aryl methyl sites for hydroxylation is 1. The van der Waals surface area contributed by atoms with E-state index in [0.29, 0.717) is 11.1 Å². The number of hydrogen-bond donors (Lipinski definition) is 1. The molecule has 0 saturated carbocycles. The number of aliphatic hydroxyl groups excluding tert-OH is 1. The summed E-state index contributed by atoms with van der Waals surface area (Å²) in [6.07, 6.45) is -1.63. The van der Waals surface area contributed by atoms with Crippen molar-refractivity contribution in [3.63, 3.8) is 0 Å². The number of aliphatic hydroxyl groups is 1. The van der Waals surface area contributed by atoms with Crippen LogP contribution in [0, 0.1) is 17.0 Å². The Balaban J connectivity index is 2.10. The fraction of sp³-hybridized carbons (Fsp3) is 0.381. The first-order valence-corrected chi connectivity index (χ1v) is 11.0. The van der Waals surface area contributed by atoms with Gasteiger partial charge in [-0.3, -0.25) is 10.1 Å². The van der Waals surface area contributed by atoms with E-state index < -0.39 is 32.8 Å². The van der Waals surface area contributed by atoms with Crippen LogP contribution in [-0.4, -0.2) is 48.6 Å². The van der Waals surface area contributed by atoms with Crippen LogP contribution >= 0.6 is 0 Å². The third-order valence-corrected chi connectivity index (χ3v) is 5.53. The molecule has 0 radical (unpaired) electrons. The van der Waals surface area contributed by atoms with Crippen molar-refractivity contribution in [3.05, 3.63) is 63.7 Å². The van der Waals surface area contributed by atoms with E-state index in [1.807, 2.05) is 0 Å². The highest BCUT2D eigenvalue weighted by atomic mass is 32.2. The van der Waals surface area contributed by atoms with Crippen molar-refractivity contribution in [3.8, 4) is 5.75 Å². The van der Waals surface area contributed by atoms with Gasteiger partial charge >= 0.3 is 16.2 Å². The molecule has 1 N–H and O–H groups in total. The number of nitrogens with zero attached hydrogens (tertiary/aromatic N) is 2. The molecule has 0 bridgehead atoms. The topological polar surface area (TPSA) is 136 Å². The van der Waals surface area contributed by atoms with Crippen LogP contribution in [0.2, 0.25) is 0 Å². The van der Waals surface area contributed by atoms with E-state index in [4.69, 9.17) is 8.92 Å². The lowest BCUT2D eigenvalue weighted by molar-refractivity contribution is -0.385. The maximum atomic E-state index is 12.5. The van der Waals surface area contributed by atoms with Crippen molar-refractivity contribution in [2.45, 2.75) is 44.3 Å². The predicted molar refractivity (Wildman–Crippen MR) is 116 cm³/mol. The number of ether oxygens (including phenoxy) is 1. The lowest BCUT2D eigenvalue weighted by atomic mass is 10.1. The Morgan fingerprint density at radius 1 is 1.19 bits per heavy atom. The molecule has 0 aliphatic heterocycles. The zero-order chi connectivity index (χ0) is 24.3. The van der Waals surface area contributed by atoms with E-state index in [9.17, 15) is 28.4 Å². The molecular weight excluding hydrogens is 440 g/mol. The monoisotopic (exact) mass is 466 g/mol. The Morgan fingerprint density at radius 2 is 1.78 bits per heavy atom. The van der Waals surface area contributed by atoms with Gasteiger partial charge in [0.15, 0.2) is 0 Å². The van der Waals surface area contributed by atoms with Gasteiger partial charge in [-0.25, -0.2) is 4.79 Å². The second-order valence-corrected chi connectivity index (χ2v) is 9.73. The lowest BCUT2D eigenvalue weighted by Gasteiger charge is -2.26. The molecule has 0 fully saturated rings. The third-order valence-electron chi connectivity index (χ3n) is 4.29. The molecule has 0 aromatic heterocycles.